The molecule has 0 spiro atoms. The van der Waals surface area contributed by atoms with Crippen molar-refractivity contribution in [2.45, 2.75) is 34.1 Å². The minimum Gasteiger partial charge on any atom is -0.370 e. The fourth-order valence-electron chi connectivity index (χ4n) is 1.10. The second-order valence-corrected chi connectivity index (χ2v) is 4.54. The molecule has 2 heteroatoms. The lowest BCUT2D eigenvalue weighted by Crippen LogP contribution is -2.22. The topological polar surface area (TPSA) is 24.9 Å². The Morgan fingerprint density at radius 2 is 2.07 bits per heavy atom. The molecule has 0 aliphatic heterocycles. The van der Waals surface area contributed by atoms with Crippen molar-refractivity contribution in [1.29, 1.82) is 0 Å². The van der Waals surface area contributed by atoms with E-state index in [4.69, 9.17) is 0 Å². The van der Waals surface area contributed by atoms with Crippen molar-refractivity contribution in [3.05, 3.63) is 23.9 Å². The predicted octanol–water partition coefficient (Wildman–Crippen LogP) is 3.24. The summed E-state index contributed by atoms with van der Waals surface area (Å²) in [5.74, 6) is 0.978. The number of pyridine rings is 1. The van der Waals surface area contributed by atoms with Crippen LogP contribution in [0.3, 0.4) is 0 Å². The summed E-state index contributed by atoms with van der Waals surface area (Å²) < 4.78 is 0. The molecule has 0 unspecified atom stereocenters. The van der Waals surface area contributed by atoms with Gasteiger partial charge in [0.1, 0.15) is 5.82 Å². The van der Waals surface area contributed by atoms with Crippen LogP contribution in [0.15, 0.2) is 18.2 Å². The first-order valence-corrected chi connectivity index (χ1v) is 5.21. The van der Waals surface area contributed by atoms with E-state index < -0.39 is 0 Å². The first-order valence-electron chi connectivity index (χ1n) is 5.21. The zero-order chi connectivity index (χ0) is 10.6. The van der Waals surface area contributed by atoms with Gasteiger partial charge in [-0.3, -0.25) is 0 Å². The van der Waals surface area contributed by atoms with Crippen LogP contribution in [0.2, 0.25) is 0 Å². The lowest BCUT2D eigenvalue weighted by Gasteiger charge is -2.23. The van der Waals surface area contributed by atoms with E-state index in [1.54, 1.807) is 0 Å². The molecule has 0 aliphatic carbocycles. The van der Waals surface area contributed by atoms with Crippen LogP contribution < -0.4 is 5.32 Å². The largest absolute Gasteiger partial charge is 0.370 e. The summed E-state index contributed by atoms with van der Waals surface area (Å²) in [6.07, 6.45) is 1.17. The van der Waals surface area contributed by atoms with Gasteiger partial charge < -0.3 is 5.32 Å². The molecule has 0 aromatic carbocycles. The van der Waals surface area contributed by atoms with Gasteiger partial charge in [-0.05, 0) is 30.9 Å². The van der Waals surface area contributed by atoms with E-state index in [0.717, 1.165) is 18.1 Å². The molecule has 0 fully saturated rings. The minimum atomic E-state index is 0.339. The standard InChI is InChI=1S/C12H20N2/c1-5-12(3,4)9-13-11-8-6-7-10(2)14-11/h6-8H,5,9H2,1-4H3,(H,13,14). The Kier molecular flexibility index (Phi) is 3.50. The molecule has 78 valence electrons. The van der Waals surface area contributed by atoms with Crippen LogP contribution in [0.5, 0.6) is 0 Å². The summed E-state index contributed by atoms with van der Waals surface area (Å²) in [6.45, 7) is 9.72. The highest BCUT2D eigenvalue weighted by molar-refractivity contribution is 5.35. The molecule has 1 aromatic heterocycles. The average Bonchev–Trinajstić information content (AvgIpc) is 2.15. The van der Waals surface area contributed by atoms with Gasteiger partial charge >= 0.3 is 0 Å². The summed E-state index contributed by atoms with van der Waals surface area (Å²) in [4.78, 5) is 4.40. The summed E-state index contributed by atoms with van der Waals surface area (Å²) in [7, 11) is 0. The van der Waals surface area contributed by atoms with Gasteiger partial charge in [-0.25, -0.2) is 4.98 Å². The van der Waals surface area contributed by atoms with Crippen molar-refractivity contribution in [2.75, 3.05) is 11.9 Å². The monoisotopic (exact) mass is 192 g/mol. The third kappa shape index (κ3) is 3.36. The van der Waals surface area contributed by atoms with Gasteiger partial charge in [0.15, 0.2) is 0 Å². The molecule has 1 aromatic rings. The number of rotatable bonds is 4. The van der Waals surface area contributed by atoms with Crippen LogP contribution in [0.1, 0.15) is 32.9 Å². The molecule has 2 nitrogen and oxygen atoms in total. The highest BCUT2D eigenvalue weighted by Gasteiger charge is 2.14. The molecule has 1 rings (SSSR count). The zero-order valence-corrected chi connectivity index (χ0v) is 9.59. The van der Waals surface area contributed by atoms with Gasteiger partial charge in [0, 0.05) is 12.2 Å². The number of hydrogen-bond donors (Lipinski definition) is 1. The third-order valence-corrected chi connectivity index (χ3v) is 2.59. The number of anilines is 1. The summed E-state index contributed by atoms with van der Waals surface area (Å²) in [6, 6.07) is 6.05. The first kappa shape index (κ1) is 11.0. The molecular weight excluding hydrogens is 172 g/mol. The Hall–Kier alpha value is -1.05. The third-order valence-electron chi connectivity index (χ3n) is 2.59. The number of hydrogen-bond acceptors (Lipinski definition) is 2. The number of aryl methyl sites for hydroxylation is 1. The van der Waals surface area contributed by atoms with Crippen molar-refractivity contribution in [1.82, 2.24) is 4.98 Å². The second kappa shape index (κ2) is 4.45. The Bertz CT molecular complexity index is 292. The summed E-state index contributed by atoms with van der Waals surface area (Å²) >= 11 is 0. The summed E-state index contributed by atoms with van der Waals surface area (Å²) in [5, 5.41) is 3.37. The van der Waals surface area contributed by atoms with Gasteiger partial charge in [-0.15, -0.1) is 0 Å². The van der Waals surface area contributed by atoms with Crippen LogP contribution in [-0.2, 0) is 0 Å². The fraction of sp³-hybridized carbons (Fsp3) is 0.583. The molecule has 0 amide bonds. The van der Waals surface area contributed by atoms with Crippen molar-refractivity contribution in [3.8, 4) is 0 Å². The highest BCUT2D eigenvalue weighted by atomic mass is 15.0. The van der Waals surface area contributed by atoms with E-state index in [0.29, 0.717) is 5.41 Å². The van der Waals surface area contributed by atoms with Gasteiger partial charge in [0.05, 0.1) is 0 Å². The van der Waals surface area contributed by atoms with E-state index >= 15 is 0 Å². The second-order valence-electron chi connectivity index (χ2n) is 4.54. The Balaban J connectivity index is 2.54. The van der Waals surface area contributed by atoms with Gasteiger partial charge in [-0.1, -0.05) is 26.8 Å². The maximum atomic E-state index is 4.40. The zero-order valence-electron chi connectivity index (χ0n) is 9.59. The Morgan fingerprint density at radius 1 is 1.36 bits per heavy atom. The molecule has 0 saturated heterocycles. The predicted molar refractivity (Wildman–Crippen MR) is 61.5 cm³/mol. The van der Waals surface area contributed by atoms with E-state index in [1.807, 2.05) is 25.1 Å². The summed E-state index contributed by atoms with van der Waals surface area (Å²) in [5.41, 5.74) is 1.40. The normalized spacial score (nSPS) is 11.4. The molecule has 14 heavy (non-hydrogen) atoms. The van der Waals surface area contributed by atoms with E-state index in [1.165, 1.54) is 6.42 Å². The van der Waals surface area contributed by atoms with Crippen LogP contribution >= 0.6 is 0 Å². The van der Waals surface area contributed by atoms with Crippen LogP contribution in [-0.4, -0.2) is 11.5 Å². The molecule has 1 N–H and O–H groups in total. The molecular formula is C12H20N2. The quantitative estimate of drug-likeness (QED) is 0.792. The maximum absolute atomic E-state index is 4.40. The Morgan fingerprint density at radius 3 is 2.64 bits per heavy atom. The molecule has 0 saturated carbocycles. The van der Waals surface area contributed by atoms with Crippen LogP contribution in [0, 0.1) is 12.3 Å². The number of nitrogens with zero attached hydrogens (tertiary/aromatic N) is 1. The fourth-order valence-corrected chi connectivity index (χ4v) is 1.10. The molecule has 1 heterocycles. The lowest BCUT2D eigenvalue weighted by molar-refractivity contribution is 0.376. The van der Waals surface area contributed by atoms with Gasteiger partial charge in [-0.2, -0.15) is 0 Å². The van der Waals surface area contributed by atoms with Gasteiger partial charge in [0.25, 0.3) is 0 Å². The first-order chi connectivity index (χ1) is 6.53. The van der Waals surface area contributed by atoms with Crippen LogP contribution in [0.4, 0.5) is 5.82 Å². The van der Waals surface area contributed by atoms with Crippen LogP contribution in [0.25, 0.3) is 0 Å². The average molecular weight is 192 g/mol. The van der Waals surface area contributed by atoms with E-state index in [2.05, 4.69) is 31.1 Å². The number of nitrogens with one attached hydrogen (secondary N) is 1. The van der Waals surface area contributed by atoms with E-state index in [9.17, 15) is 0 Å². The van der Waals surface area contributed by atoms with Gasteiger partial charge in [0.2, 0.25) is 0 Å². The van der Waals surface area contributed by atoms with Crippen molar-refractivity contribution in [2.24, 2.45) is 5.41 Å². The van der Waals surface area contributed by atoms with E-state index in [-0.39, 0.29) is 0 Å². The number of aromatic nitrogens is 1. The molecule has 0 radical (unpaired) electrons. The minimum absolute atomic E-state index is 0.339. The molecule has 0 bridgehead atoms. The van der Waals surface area contributed by atoms with Crippen molar-refractivity contribution >= 4 is 5.82 Å². The maximum Gasteiger partial charge on any atom is 0.126 e. The molecule has 0 atom stereocenters. The highest BCUT2D eigenvalue weighted by Crippen LogP contribution is 2.19. The lowest BCUT2D eigenvalue weighted by atomic mass is 9.90. The van der Waals surface area contributed by atoms with Crippen molar-refractivity contribution in [3.63, 3.8) is 0 Å². The Labute approximate surface area is 86.8 Å². The smallest absolute Gasteiger partial charge is 0.126 e. The SMILES string of the molecule is CCC(C)(C)CNc1cccc(C)n1. The van der Waals surface area contributed by atoms with Crippen molar-refractivity contribution < 1.29 is 0 Å². The molecule has 0 aliphatic rings.